The molecule has 1 atom stereocenters. The van der Waals surface area contributed by atoms with Crippen LogP contribution in [0.5, 0.6) is 0 Å². The Morgan fingerprint density at radius 1 is 0.941 bits per heavy atom. The Bertz CT molecular complexity index is 1230. The summed E-state index contributed by atoms with van der Waals surface area (Å²) in [5.74, 6) is -0.217. The van der Waals surface area contributed by atoms with Crippen molar-refractivity contribution in [3.8, 4) is 0 Å². The molecule has 6 nitrogen and oxygen atoms in total. The van der Waals surface area contributed by atoms with Gasteiger partial charge in [-0.05, 0) is 48.7 Å². The summed E-state index contributed by atoms with van der Waals surface area (Å²) in [6.07, 6.45) is 0.277. The second-order valence-electron chi connectivity index (χ2n) is 8.42. The maximum atomic E-state index is 13.5. The van der Waals surface area contributed by atoms with Crippen molar-refractivity contribution in [3.63, 3.8) is 0 Å². The first-order valence-electron chi connectivity index (χ1n) is 11.2. The summed E-state index contributed by atoms with van der Waals surface area (Å²) in [6.45, 7) is 4.34. The molecule has 178 valence electrons. The Hall–Kier alpha value is -2.87. The van der Waals surface area contributed by atoms with E-state index < -0.39 is 16.1 Å². The van der Waals surface area contributed by atoms with Crippen LogP contribution in [0.3, 0.4) is 0 Å². The molecule has 1 aliphatic rings. The number of nitrogens with zero attached hydrogens (tertiary/aromatic N) is 2. The van der Waals surface area contributed by atoms with E-state index in [0.29, 0.717) is 31.2 Å². The van der Waals surface area contributed by atoms with Gasteiger partial charge in [-0.25, -0.2) is 8.42 Å². The van der Waals surface area contributed by atoms with Crippen LogP contribution in [0.1, 0.15) is 11.1 Å². The number of hydrogen-bond donors (Lipinski definition) is 1. The van der Waals surface area contributed by atoms with Gasteiger partial charge in [0.05, 0.1) is 4.90 Å². The van der Waals surface area contributed by atoms with Crippen molar-refractivity contribution in [1.82, 2.24) is 9.62 Å². The van der Waals surface area contributed by atoms with Gasteiger partial charge in [0.2, 0.25) is 15.9 Å². The van der Waals surface area contributed by atoms with Gasteiger partial charge < -0.3 is 9.80 Å². The van der Waals surface area contributed by atoms with Gasteiger partial charge in [-0.2, -0.15) is 4.72 Å². The van der Waals surface area contributed by atoms with Crippen molar-refractivity contribution in [2.24, 2.45) is 0 Å². The van der Waals surface area contributed by atoms with E-state index in [2.05, 4.69) is 9.62 Å². The largest absolute Gasteiger partial charge is 0.368 e. The fourth-order valence-electron chi connectivity index (χ4n) is 4.20. The number of piperazine rings is 1. The average Bonchev–Trinajstić information content (AvgIpc) is 2.86. The SMILES string of the molecule is Cc1ccc(Cl)cc1N1CCN(C(=O)[C@@H](Cc2ccccc2)NS(=O)(=O)c2ccccc2)CC1. The maximum Gasteiger partial charge on any atom is 0.241 e. The third-order valence-corrected chi connectivity index (χ3v) is 7.76. The number of carbonyl (C=O) groups is 1. The summed E-state index contributed by atoms with van der Waals surface area (Å²) in [5, 5.41) is 0.678. The Morgan fingerprint density at radius 2 is 1.56 bits per heavy atom. The lowest BCUT2D eigenvalue weighted by Gasteiger charge is -2.38. The lowest BCUT2D eigenvalue weighted by molar-refractivity contribution is -0.133. The van der Waals surface area contributed by atoms with Gasteiger partial charge in [-0.1, -0.05) is 66.2 Å². The summed E-state index contributed by atoms with van der Waals surface area (Å²) in [6, 6.07) is 22.5. The normalized spacial score (nSPS) is 15.2. The molecule has 34 heavy (non-hydrogen) atoms. The first-order chi connectivity index (χ1) is 16.3. The molecule has 1 aliphatic heterocycles. The Morgan fingerprint density at radius 3 is 2.21 bits per heavy atom. The number of anilines is 1. The smallest absolute Gasteiger partial charge is 0.241 e. The lowest BCUT2D eigenvalue weighted by atomic mass is 10.1. The lowest BCUT2D eigenvalue weighted by Crippen LogP contribution is -2.55. The van der Waals surface area contributed by atoms with E-state index in [4.69, 9.17) is 11.6 Å². The fraction of sp³-hybridized carbons (Fsp3) is 0.269. The van der Waals surface area contributed by atoms with Crippen LogP contribution in [-0.2, 0) is 21.2 Å². The molecular weight excluding hydrogens is 470 g/mol. The number of amides is 1. The summed E-state index contributed by atoms with van der Waals surface area (Å²) < 4.78 is 28.7. The van der Waals surface area contributed by atoms with Crippen molar-refractivity contribution >= 4 is 33.2 Å². The van der Waals surface area contributed by atoms with Crippen LogP contribution < -0.4 is 9.62 Å². The van der Waals surface area contributed by atoms with Gasteiger partial charge in [-0.15, -0.1) is 0 Å². The van der Waals surface area contributed by atoms with Gasteiger partial charge in [0.25, 0.3) is 0 Å². The third kappa shape index (κ3) is 5.78. The first kappa shape index (κ1) is 24.3. The second kappa shape index (κ2) is 10.6. The van der Waals surface area contributed by atoms with Crippen LogP contribution in [0, 0.1) is 6.92 Å². The summed E-state index contributed by atoms with van der Waals surface area (Å²) in [7, 11) is -3.85. The zero-order valence-electron chi connectivity index (χ0n) is 19.0. The number of nitrogens with one attached hydrogen (secondary N) is 1. The molecule has 0 unspecified atom stereocenters. The fourth-order valence-corrected chi connectivity index (χ4v) is 5.57. The van der Waals surface area contributed by atoms with Crippen LogP contribution in [0.2, 0.25) is 5.02 Å². The Labute approximate surface area is 206 Å². The molecule has 3 aromatic rings. The topological polar surface area (TPSA) is 69.7 Å². The Kier molecular flexibility index (Phi) is 7.56. The van der Waals surface area contributed by atoms with Crippen LogP contribution >= 0.6 is 11.6 Å². The molecule has 1 amide bonds. The van der Waals surface area contributed by atoms with Gasteiger partial charge in [0.1, 0.15) is 6.04 Å². The molecule has 0 radical (unpaired) electrons. The zero-order chi connectivity index (χ0) is 24.1. The number of aryl methyl sites for hydroxylation is 1. The van der Waals surface area contributed by atoms with E-state index in [1.54, 1.807) is 23.1 Å². The molecule has 1 heterocycles. The number of rotatable bonds is 7. The molecule has 1 fully saturated rings. The average molecular weight is 498 g/mol. The Balaban J connectivity index is 1.51. The molecule has 0 bridgehead atoms. The van der Waals surface area contributed by atoms with Crippen LogP contribution in [-0.4, -0.2) is 51.4 Å². The van der Waals surface area contributed by atoms with E-state index in [-0.39, 0.29) is 17.2 Å². The monoisotopic (exact) mass is 497 g/mol. The first-order valence-corrected chi connectivity index (χ1v) is 13.1. The molecule has 1 saturated heterocycles. The minimum atomic E-state index is -3.85. The van der Waals surface area contributed by atoms with E-state index in [9.17, 15) is 13.2 Å². The predicted molar refractivity (Wildman–Crippen MR) is 136 cm³/mol. The highest BCUT2D eigenvalue weighted by Gasteiger charge is 2.31. The van der Waals surface area contributed by atoms with E-state index in [0.717, 1.165) is 16.8 Å². The molecule has 1 N–H and O–H groups in total. The van der Waals surface area contributed by atoms with Crippen LogP contribution in [0.4, 0.5) is 5.69 Å². The predicted octanol–water partition coefficient (Wildman–Crippen LogP) is 3.89. The van der Waals surface area contributed by atoms with Crippen LogP contribution in [0.25, 0.3) is 0 Å². The number of sulfonamides is 1. The molecule has 0 saturated carbocycles. The molecule has 3 aromatic carbocycles. The molecule has 4 rings (SSSR count). The standard InChI is InChI=1S/C26H28ClN3O3S/c1-20-12-13-22(27)19-25(20)29-14-16-30(17-15-29)26(31)24(18-21-8-4-2-5-9-21)28-34(32,33)23-10-6-3-7-11-23/h2-13,19,24,28H,14-18H2,1H3/t24-/m1/s1. The molecule has 8 heteroatoms. The van der Waals surface area contributed by atoms with Gasteiger partial charge in [-0.3, -0.25) is 4.79 Å². The van der Waals surface area contributed by atoms with Gasteiger partial charge in [0, 0.05) is 36.9 Å². The number of halogens is 1. The minimum Gasteiger partial charge on any atom is -0.368 e. The van der Waals surface area contributed by atoms with E-state index in [1.165, 1.54) is 12.1 Å². The van der Waals surface area contributed by atoms with Crippen molar-refractivity contribution in [1.29, 1.82) is 0 Å². The zero-order valence-corrected chi connectivity index (χ0v) is 20.6. The molecule has 0 spiro atoms. The van der Waals surface area contributed by atoms with Gasteiger partial charge in [0.15, 0.2) is 0 Å². The highest BCUT2D eigenvalue weighted by Crippen LogP contribution is 2.25. The highest BCUT2D eigenvalue weighted by molar-refractivity contribution is 7.89. The second-order valence-corrected chi connectivity index (χ2v) is 10.6. The number of benzene rings is 3. The summed E-state index contributed by atoms with van der Waals surface area (Å²) in [4.78, 5) is 17.6. The third-order valence-electron chi connectivity index (χ3n) is 6.03. The van der Waals surface area contributed by atoms with Crippen molar-refractivity contribution in [2.75, 3.05) is 31.1 Å². The van der Waals surface area contributed by atoms with E-state index >= 15 is 0 Å². The highest BCUT2D eigenvalue weighted by atomic mass is 35.5. The summed E-state index contributed by atoms with van der Waals surface area (Å²) >= 11 is 6.19. The van der Waals surface area contributed by atoms with Crippen molar-refractivity contribution in [3.05, 3.63) is 95.0 Å². The van der Waals surface area contributed by atoms with Crippen LogP contribution in [0.15, 0.2) is 83.8 Å². The van der Waals surface area contributed by atoms with Crippen molar-refractivity contribution < 1.29 is 13.2 Å². The minimum absolute atomic E-state index is 0.141. The molecular formula is C26H28ClN3O3S. The quantitative estimate of drug-likeness (QED) is 0.537. The summed E-state index contributed by atoms with van der Waals surface area (Å²) in [5.41, 5.74) is 3.08. The van der Waals surface area contributed by atoms with Crippen molar-refractivity contribution in [2.45, 2.75) is 24.3 Å². The van der Waals surface area contributed by atoms with Gasteiger partial charge >= 0.3 is 0 Å². The molecule has 0 aromatic heterocycles. The van der Waals surface area contributed by atoms with E-state index in [1.807, 2.05) is 55.5 Å². The number of carbonyl (C=O) groups excluding carboxylic acids is 1. The molecule has 0 aliphatic carbocycles. The number of hydrogen-bond acceptors (Lipinski definition) is 4. The maximum absolute atomic E-state index is 13.5.